The summed E-state index contributed by atoms with van der Waals surface area (Å²) < 4.78 is 7.98. The molecule has 0 aliphatic carbocycles. The molecular weight excluding hydrogens is 196 g/mol. The van der Waals surface area contributed by atoms with Crippen LogP contribution in [0.5, 0.6) is 0 Å². The summed E-state index contributed by atoms with van der Waals surface area (Å²) in [6.45, 7) is 0. The van der Waals surface area contributed by atoms with Gasteiger partial charge in [0.15, 0.2) is 11.0 Å². The quantitative estimate of drug-likeness (QED) is 0.550. The molecule has 1 heterocycles. The number of carbonyl (C=O) groups excluding carboxylic acids is 1. The third-order valence-corrected chi connectivity index (χ3v) is 1.79. The number of nitrogen functional groups attached to an aromatic ring is 1. The minimum Gasteiger partial charge on any atom is -0.467 e. The van der Waals surface area contributed by atoms with Gasteiger partial charge in [0.05, 0.1) is 7.11 Å². The van der Waals surface area contributed by atoms with E-state index in [0.717, 1.165) is 18.6 Å². The number of methoxy groups -OCH3 is 1. The Hall–Kier alpha value is -1.57. The van der Waals surface area contributed by atoms with Crippen molar-refractivity contribution in [1.29, 1.82) is 0 Å². The lowest BCUT2D eigenvalue weighted by Gasteiger charge is -2.00. The molecule has 0 fully saturated rings. The number of ether oxygens (including phenoxy) is 1. The summed E-state index contributed by atoms with van der Waals surface area (Å²) in [5.74, 6) is -0.822. The van der Waals surface area contributed by atoms with Crippen molar-refractivity contribution in [2.75, 3.05) is 12.8 Å². The number of aromatic nitrogens is 2. The standard InChI is InChI=1S/C5H6N4O3S/c1-12-4(10)2(8-11)3-7-5(6)13-9-3/h2H,1H3,(H2,6,7,9). The first kappa shape index (κ1) is 9.52. The first-order valence-electron chi connectivity index (χ1n) is 3.18. The van der Waals surface area contributed by atoms with Gasteiger partial charge in [-0.25, -0.2) is 9.78 Å². The van der Waals surface area contributed by atoms with Crippen molar-refractivity contribution >= 4 is 22.6 Å². The van der Waals surface area contributed by atoms with Crippen molar-refractivity contribution in [3.05, 3.63) is 10.7 Å². The fourth-order valence-corrected chi connectivity index (χ4v) is 1.13. The Morgan fingerprint density at radius 3 is 2.85 bits per heavy atom. The molecule has 0 spiro atoms. The van der Waals surface area contributed by atoms with Crippen molar-refractivity contribution in [3.63, 3.8) is 0 Å². The summed E-state index contributed by atoms with van der Waals surface area (Å²) >= 11 is 0.886. The minimum atomic E-state index is -1.32. The largest absolute Gasteiger partial charge is 0.467 e. The lowest BCUT2D eigenvalue weighted by molar-refractivity contribution is -0.142. The number of nitrogens with two attached hydrogens (primary N) is 1. The number of nitrogens with zero attached hydrogens (tertiary/aromatic N) is 3. The van der Waals surface area contributed by atoms with E-state index < -0.39 is 12.0 Å². The van der Waals surface area contributed by atoms with Gasteiger partial charge < -0.3 is 10.5 Å². The minimum absolute atomic E-state index is 0.0237. The van der Waals surface area contributed by atoms with Crippen LogP contribution in [0, 0.1) is 4.91 Å². The number of esters is 1. The Morgan fingerprint density at radius 1 is 1.77 bits per heavy atom. The van der Waals surface area contributed by atoms with Crippen LogP contribution < -0.4 is 5.73 Å². The van der Waals surface area contributed by atoms with E-state index in [1.807, 2.05) is 0 Å². The molecule has 0 bridgehead atoms. The molecular formula is C5H6N4O3S. The van der Waals surface area contributed by atoms with Gasteiger partial charge in [-0.1, -0.05) is 0 Å². The Bertz CT molecular complexity index is 325. The molecule has 1 atom stereocenters. The second-order valence-corrected chi connectivity index (χ2v) is 2.81. The summed E-state index contributed by atoms with van der Waals surface area (Å²) in [5.41, 5.74) is 5.26. The molecule has 0 aliphatic rings. The van der Waals surface area contributed by atoms with E-state index in [0.29, 0.717) is 0 Å². The molecule has 2 N–H and O–H groups in total. The summed E-state index contributed by atoms with van der Waals surface area (Å²) in [6.07, 6.45) is 0. The van der Waals surface area contributed by atoms with Crippen molar-refractivity contribution in [2.24, 2.45) is 5.18 Å². The number of nitroso groups, excluding NO2 is 1. The first-order chi connectivity index (χ1) is 6.19. The molecule has 1 rings (SSSR count). The van der Waals surface area contributed by atoms with Crippen molar-refractivity contribution in [1.82, 2.24) is 9.36 Å². The summed E-state index contributed by atoms with van der Waals surface area (Å²) in [7, 11) is 1.15. The molecule has 1 aromatic rings. The van der Waals surface area contributed by atoms with Gasteiger partial charge in [-0.3, -0.25) is 0 Å². The van der Waals surface area contributed by atoms with Crippen LogP contribution in [-0.4, -0.2) is 22.4 Å². The number of rotatable bonds is 3. The first-order valence-corrected chi connectivity index (χ1v) is 3.95. The normalized spacial score (nSPS) is 12.1. The van der Waals surface area contributed by atoms with Crippen LogP contribution >= 0.6 is 11.5 Å². The Labute approximate surface area is 77.1 Å². The van der Waals surface area contributed by atoms with Crippen LogP contribution in [0.4, 0.5) is 5.13 Å². The highest BCUT2D eigenvalue weighted by Crippen LogP contribution is 2.18. The lowest BCUT2D eigenvalue weighted by Crippen LogP contribution is -2.13. The van der Waals surface area contributed by atoms with E-state index >= 15 is 0 Å². The molecule has 0 radical (unpaired) electrons. The average molecular weight is 202 g/mol. The average Bonchev–Trinajstić information content (AvgIpc) is 2.53. The molecule has 0 amide bonds. The Balaban J connectivity index is 2.90. The summed E-state index contributed by atoms with van der Waals surface area (Å²) in [6, 6.07) is -1.32. The number of hydrogen-bond acceptors (Lipinski definition) is 8. The van der Waals surface area contributed by atoms with E-state index in [4.69, 9.17) is 5.73 Å². The fraction of sp³-hybridized carbons (Fsp3) is 0.400. The summed E-state index contributed by atoms with van der Waals surface area (Å²) in [4.78, 5) is 24.8. The van der Waals surface area contributed by atoms with Gasteiger partial charge in [-0.05, 0) is 5.18 Å². The van der Waals surface area contributed by atoms with Crippen LogP contribution in [0.2, 0.25) is 0 Å². The maximum Gasteiger partial charge on any atom is 0.342 e. The van der Waals surface area contributed by atoms with E-state index in [1.54, 1.807) is 0 Å². The third-order valence-electron chi connectivity index (χ3n) is 1.23. The lowest BCUT2D eigenvalue weighted by atomic mass is 10.3. The number of anilines is 1. The predicted molar refractivity (Wildman–Crippen MR) is 44.9 cm³/mol. The predicted octanol–water partition coefficient (Wildman–Crippen LogP) is 0.101. The van der Waals surface area contributed by atoms with Crippen molar-refractivity contribution < 1.29 is 9.53 Å². The number of carbonyl (C=O) groups is 1. The molecule has 1 aromatic heterocycles. The van der Waals surface area contributed by atoms with Crippen molar-refractivity contribution in [2.45, 2.75) is 6.04 Å². The second-order valence-electron chi connectivity index (χ2n) is 2.02. The van der Waals surface area contributed by atoms with Gasteiger partial charge in [0.1, 0.15) is 0 Å². The second kappa shape index (κ2) is 3.90. The fourth-order valence-electron chi connectivity index (χ4n) is 0.666. The van der Waals surface area contributed by atoms with Crippen LogP contribution in [0.25, 0.3) is 0 Å². The topological polar surface area (TPSA) is 108 Å². The van der Waals surface area contributed by atoms with E-state index in [1.165, 1.54) is 0 Å². The van der Waals surface area contributed by atoms with Crippen LogP contribution in [-0.2, 0) is 9.53 Å². The zero-order valence-corrected chi connectivity index (χ0v) is 7.45. The molecule has 0 saturated heterocycles. The maximum atomic E-state index is 10.9. The molecule has 0 aromatic carbocycles. The third kappa shape index (κ3) is 1.96. The van der Waals surface area contributed by atoms with Gasteiger partial charge in [0.2, 0.25) is 6.04 Å². The zero-order valence-electron chi connectivity index (χ0n) is 6.63. The van der Waals surface area contributed by atoms with E-state index in [9.17, 15) is 9.70 Å². The monoisotopic (exact) mass is 202 g/mol. The van der Waals surface area contributed by atoms with Gasteiger partial charge >= 0.3 is 5.97 Å². The number of hydrogen-bond donors (Lipinski definition) is 1. The molecule has 7 nitrogen and oxygen atoms in total. The smallest absolute Gasteiger partial charge is 0.342 e. The Kier molecular flexibility index (Phi) is 2.85. The van der Waals surface area contributed by atoms with Gasteiger partial charge in [-0.2, -0.15) is 4.37 Å². The highest BCUT2D eigenvalue weighted by atomic mass is 32.1. The van der Waals surface area contributed by atoms with Crippen LogP contribution in [0.1, 0.15) is 11.9 Å². The maximum absolute atomic E-state index is 10.9. The van der Waals surface area contributed by atoms with Crippen molar-refractivity contribution in [3.8, 4) is 0 Å². The van der Waals surface area contributed by atoms with Crippen LogP contribution in [0.3, 0.4) is 0 Å². The van der Waals surface area contributed by atoms with Gasteiger partial charge in [0.25, 0.3) is 0 Å². The van der Waals surface area contributed by atoms with Crippen LogP contribution in [0.15, 0.2) is 5.18 Å². The van der Waals surface area contributed by atoms with Gasteiger partial charge in [-0.15, -0.1) is 4.91 Å². The highest BCUT2D eigenvalue weighted by Gasteiger charge is 2.26. The van der Waals surface area contributed by atoms with E-state index in [-0.39, 0.29) is 11.0 Å². The van der Waals surface area contributed by atoms with Gasteiger partial charge in [0, 0.05) is 11.5 Å². The SMILES string of the molecule is COC(=O)C(N=O)c1nsc(N)n1. The van der Waals surface area contributed by atoms with E-state index in [2.05, 4.69) is 19.3 Å². The summed E-state index contributed by atoms with van der Waals surface area (Å²) in [5, 5.41) is 2.72. The Morgan fingerprint density at radius 2 is 2.46 bits per heavy atom. The highest BCUT2D eigenvalue weighted by molar-refractivity contribution is 7.09. The molecule has 0 saturated carbocycles. The molecule has 13 heavy (non-hydrogen) atoms. The molecule has 70 valence electrons. The zero-order chi connectivity index (χ0) is 9.84. The molecule has 1 unspecified atom stereocenters. The molecule has 0 aliphatic heterocycles. The molecule has 8 heteroatoms.